The standard InChI is InChI=1S/C10H13N3S/c11-5-9-7-13-10(14-9)12-6-8-3-1-2-4-8/h7-8H,1-4,6H2,(H,12,13). The van der Waals surface area contributed by atoms with Crippen LogP contribution in [0.2, 0.25) is 0 Å². The van der Waals surface area contributed by atoms with Crippen LogP contribution in [0.25, 0.3) is 0 Å². The van der Waals surface area contributed by atoms with Crippen LogP contribution in [-0.2, 0) is 0 Å². The summed E-state index contributed by atoms with van der Waals surface area (Å²) in [5.74, 6) is 0.810. The normalized spacial score (nSPS) is 16.8. The highest BCUT2D eigenvalue weighted by Gasteiger charge is 2.14. The minimum atomic E-state index is 0.680. The lowest BCUT2D eigenvalue weighted by Crippen LogP contribution is -2.10. The van der Waals surface area contributed by atoms with E-state index in [4.69, 9.17) is 5.26 Å². The van der Waals surface area contributed by atoms with E-state index in [0.717, 1.165) is 17.6 Å². The molecule has 4 heteroatoms. The van der Waals surface area contributed by atoms with Gasteiger partial charge < -0.3 is 5.32 Å². The summed E-state index contributed by atoms with van der Waals surface area (Å²) in [5.41, 5.74) is 0. The molecule has 1 aromatic rings. The van der Waals surface area contributed by atoms with Gasteiger partial charge in [-0.3, -0.25) is 0 Å². The molecule has 1 heterocycles. The third kappa shape index (κ3) is 2.24. The molecule has 3 nitrogen and oxygen atoms in total. The predicted octanol–water partition coefficient (Wildman–Crippen LogP) is 2.62. The van der Waals surface area contributed by atoms with Crippen LogP contribution in [0.1, 0.15) is 30.6 Å². The number of thiazole rings is 1. The molecule has 1 aliphatic rings. The van der Waals surface area contributed by atoms with E-state index in [9.17, 15) is 0 Å². The fraction of sp³-hybridized carbons (Fsp3) is 0.600. The first-order valence-electron chi connectivity index (χ1n) is 4.98. The molecular formula is C10H13N3S. The van der Waals surface area contributed by atoms with Gasteiger partial charge in [0.25, 0.3) is 0 Å². The minimum Gasteiger partial charge on any atom is -0.361 e. The maximum absolute atomic E-state index is 8.62. The van der Waals surface area contributed by atoms with E-state index < -0.39 is 0 Å². The van der Waals surface area contributed by atoms with Crippen LogP contribution in [0.5, 0.6) is 0 Å². The molecule has 0 saturated heterocycles. The Bertz CT molecular complexity index is 333. The van der Waals surface area contributed by atoms with Gasteiger partial charge in [-0.15, -0.1) is 0 Å². The van der Waals surface area contributed by atoms with Crippen LogP contribution in [0, 0.1) is 17.2 Å². The second-order valence-corrected chi connectivity index (χ2v) is 4.70. The molecular weight excluding hydrogens is 194 g/mol. The van der Waals surface area contributed by atoms with Gasteiger partial charge in [0, 0.05) is 6.54 Å². The first kappa shape index (κ1) is 9.47. The third-order valence-electron chi connectivity index (χ3n) is 2.63. The van der Waals surface area contributed by atoms with Crippen molar-refractivity contribution in [2.24, 2.45) is 5.92 Å². The second-order valence-electron chi connectivity index (χ2n) is 3.67. The van der Waals surface area contributed by atoms with E-state index in [1.807, 2.05) is 0 Å². The molecule has 0 aromatic carbocycles. The van der Waals surface area contributed by atoms with Crippen LogP contribution < -0.4 is 5.32 Å². The predicted molar refractivity (Wildman–Crippen MR) is 57.3 cm³/mol. The molecule has 2 rings (SSSR count). The van der Waals surface area contributed by atoms with Gasteiger partial charge in [-0.25, -0.2) is 4.98 Å². The Morgan fingerprint density at radius 1 is 1.57 bits per heavy atom. The van der Waals surface area contributed by atoms with Gasteiger partial charge in [0.05, 0.1) is 6.20 Å². The smallest absolute Gasteiger partial charge is 0.183 e. The van der Waals surface area contributed by atoms with Gasteiger partial charge in [0.15, 0.2) is 5.13 Å². The zero-order chi connectivity index (χ0) is 9.80. The van der Waals surface area contributed by atoms with Crippen molar-refractivity contribution >= 4 is 16.5 Å². The summed E-state index contributed by atoms with van der Waals surface area (Å²) in [7, 11) is 0. The van der Waals surface area contributed by atoms with E-state index in [0.29, 0.717) is 4.88 Å². The van der Waals surface area contributed by atoms with Crippen molar-refractivity contribution in [2.75, 3.05) is 11.9 Å². The fourth-order valence-corrected chi connectivity index (χ4v) is 2.47. The Hall–Kier alpha value is -1.08. The highest BCUT2D eigenvalue weighted by molar-refractivity contribution is 7.16. The second kappa shape index (κ2) is 4.43. The van der Waals surface area contributed by atoms with Gasteiger partial charge in [-0.2, -0.15) is 5.26 Å². The van der Waals surface area contributed by atoms with Crippen LogP contribution >= 0.6 is 11.3 Å². The summed E-state index contributed by atoms with van der Waals surface area (Å²) in [6, 6.07) is 2.09. The molecule has 1 N–H and O–H groups in total. The first-order valence-corrected chi connectivity index (χ1v) is 5.80. The molecule has 1 saturated carbocycles. The lowest BCUT2D eigenvalue weighted by Gasteiger charge is -2.08. The van der Waals surface area contributed by atoms with E-state index in [2.05, 4.69) is 16.4 Å². The van der Waals surface area contributed by atoms with Crippen molar-refractivity contribution < 1.29 is 0 Å². The van der Waals surface area contributed by atoms with Gasteiger partial charge in [0.1, 0.15) is 10.9 Å². The molecule has 1 fully saturated rings. The quantitative estimate of drug-likeness (QED) is 0.828. The number of hydrogen-bond donors (Lipinski definition) is 1. The molecule has 0 radical (unpaired) electrons. The van der Waals surface area contributed by atoms with E-state index >= 15 is 0 Å². The van der Waals surface area contributed by atoms with Crippen molar-refractivity contribution in [1.82, 2.24) is 4.98 Å². The summed E-state index contributed by atoms with van der Waals surface area (Å²) >= 11 is 1.43. The monoisotopic (exact) mass is 207 g/mol. The van der Waals surface area contributed by atoms with Crippen molar-refractivity contribution in [1.29, 1.82) is 5.26 Å². The summed E-state index contributed by atoms with van der Waals surface area (Å²) in [4.78, 5) is 4.81. The molecule has 14 heavy (non-hydrogen) atoms. The maximum Gasteiger partial charge on any atom is 0.183 e. The van der Waals surface area contributed by atoms with Crippen LogP contribution in [0.3, 0.4) is 0 Å². The number of aromatic nitrogens is 1. The summed E-state index contributed by atoms with van der Waals surface area (Å²) < 4.78 is 0. The molecule has 1 aliphatic carbocycles. The molecule has 0 spiro atoms. The molecule has 0 unspecified atom stereocenters. The van der Waals surface area contributed by atoms with E-state index in [-0.39, 0.29) is 0 Å². The number of nitrogens with zero attached hydrogens (tertiary/aromatic N) is 2. The number of nitrogens with one attached hydrogen (secondary N) is 1. The van der Waals surface area contributed by atoms with Crippen molar-refractivity contribution in [3.63, 3.8) is 0 Å². The number of nitriles is 1. The molecule has 0 atom stereocenters. The lowest BCUT2D eigenvalue weighted by atomic mass is 10.1. The molecule has 1 aromatic heterocycles. The van der Waals surface area contributed by atoms with Gasteiger partial charge in [-0.1, -0.05) is 24.2 Å². The number of hydrogen-bond acceptors (Lipinski definition) is 4. The average Bonchev–Trinajstić information content (AvgIpc) is 2.86. The van der Waals surface area contributed by atoms with E-state index in [1.54, 1.807) is 6.20 Å². The first-order chi connectivity index (χ1) is 6.88. The fourth-order valence-electron chi connectivity index (χ4n) is 1.85. The zero-order valence-electron chi connectivity index (χ0n) is 7.99. The molecule has 0 bridgehead atoms. The Balaban J connectivity index is 1.82. The Morgan fingerprint density at radius 3 is 3.00 bits per heavy atom. The maximum atomic E-state index is 8.62. The molecule has 0 amide bonds. The summed E-state index contributed by atoms with van der Waals surface area (Å²) in [6.07, 6.45) is 7.04. The van der Waals surface area contributed by atoms with Gasteiger partial charge in [0.2, 0.25) is 0 Å². The topological polar surface area (TPSA) is 48.7 Å². The largest absolute Gasteiger partial charge is 0.361 e. The highest BCUT2D eigenvalue weighted by atomic mass is 32.1. The minimum absolute atomic E-state index is 0.680. The van der Waals surface area contributed by atoms with Gasteiger partial charge >= 0.3 is 0 Å². The highest BCUT2D eigenvalue weighted by Crippen LogP contribution is 2.25. The summed E-state index contributed by atoms with van der Waals surface area (Å²) in [5, 5.41) is 12.8. The van der Waals surface area contributed by atoms with E-state index in [1.165, 1.54) is 37.0 Å². The van der Waals surface area contributed by atoms with Crippen LogP contribution in [0.4, 0.5) is 5.13 Å². The number of anilines is 1. The molecule has 0 aliphatic heterocycles. The van der Waals surface area contributed by atoms with Crippen molar-refractivity contribution in [3.05, 3.63) is 11.1 Å². The summed E-state index contributed by atoms with van der Waals surface area (Å²) in [6.45, 7) is 1.01. The van der Waals surface area contributed by atoms with Gasteiger partial charge in [-0.05, 0) is 18.8 Å². The van der Waals surface area contributed by atoms with Crippen molar-refractivity contribution in [2.45, 2.75) is 25.7 Å². The Labute approximate surface area is 87.8 Å². The van der Waals surface area contributed by atoms with Crippen LogP contribution in [0.15, 0.2) is 6.20 Å². The van der Waals surface area contributed by atoms with Crippen molar-refractivity contribution in [3.8, 4) is 6.07 Å². The zero-order valence-corrected chi connectivity index (χ0v) is 8.81. The SMILES string of the molecule is N#Cc1cnc(NCC2CCCC2)s1. The average molecular weight is 207 g/mol. The van der Waals surface area contributed by atoms with Crippen LogP contribution in [-0.4, -0.2) is 11.5 Å². The Morgan fingerprint density at radius 2 is 2.36 bits per heavy atom. The molecule has 74 valence electrons. The Kier molecular flexibility index (Phi) is 3.00. The third-order valence-corrected chi connectivity index (χ3v) is 3.49. The number of rotatable bonds is 3. The lowest BCUT2D eigenvalue weighted by molar-refractivity contribution is 0.579.